The van der Waals surface area contributed by atoms with Crippen LogP contribution in [-0.4, -0.2) is 18.3 Å². The highest BCUT2D eigenvalue weighted by Crippen LogP contribution is 2.39. The minimum absolute atomic E-state index is 0.161. The summed E-state index contributed by atoms with van der Waals surface area (Å²) in [6, 6.07) is 16.3. The molecular formula is C19H24N2OSi. The molecule has 0 aliphatic carbocycles. The minimum Gasteiger partial charge on any atom is -0.543 e. The summed E-state index contributed by atoms with van der Waals surface area (Å²) in [5, 5.41) is 0.161. The Hall–Kier alpha value is -2.07. The van der Waals surface area contributed by atoms with Crippen LogP contribution in [0, 0.1) is 0 Å². The van der Waals surface area contributed by atoms with Gasteiger partial charge in [0.25, 0.3) is 8.32 Å². The highest BCUT2D eigenvalue weighted by Gasteiger charge is 2.39. The lowest BCUT2D eigenvalue weighted by Gasteiger charge is -2.36. The first-order chi connectivity index (χ1) is 10.8. The van der Waals surface area contributed by atoms with Gasteiger partial charge in [0.05, 0.1) is 16.6 Å². The predicted octanol–water partition coefficient (Wildman–Crippen LogP) is 5.61. The van der Waals surface area contributed by atoms with Gasteiger partial charge in [-0.15, -0.1) is 0 Å². The number of nitrogens with zero attached hydrogens (tertiary/aromatic N) is 1. The zero-order chi connectivity index (χ0) is 16.7. The Balaban J connectivity index is 2.04. The van der Waals surface area contributed by atoms with E-state index < -0.39 is 8.32 Å². The van der Waals surface area contributed by atoms with Crippen LogP contribution in [0.4, 0.5) is 0 Å². The minimum atomic E-state index is -1.89. The van der Waals surface area contributed by atoms with Crippen LogP contribution in [-0.2, 0) is 0 Å². The smallest absolute Gasteiger partial charge is 0.250 e. The lowest BCUT2D eigenvalue weighted by Crippen LogP contribution is -2.44. The van der Waals surface area contributed by atoms with Crippen molar-refractivity contribution < 1.29 is 4.43 Å². The zero-order valence-electron chi connectivity index (χ0n) is 14.5. The molecule has 2 aromatic carbocycles. The summed E-state index contributed by atoms with van der Waals surface area (Å²) in [4.78, 5) is 8.12. The third kappa shape index (κ3) is 3.04. The van der Waals surface area contributed by atoms with Gasteiger partial charge in [-0.25, -0.2) is 4.98 Å². The third-order valence-corrected chi connectivity index (χ3v) is 9.05. The molecule has 0 bridgehead atoms. The van der Waals surface area contributed by atoms with Crippen molar-refractivity contribution in [2.45, 2.75) is 38.9 Å². The summed E-state index contributed by atoms with van der Waals surface area (Å²) in [6.07, 6.45) is 0. The summed E-state index contributed by atoms with van der Waals surface area (Å²) in [5.74, 6) is 1.78. The fourth-order valence-electron chi connectivity index (χ4n) is 2.26. The van der Waals surface area contributed by atoms with Crippen molar-refractivity contribution in [3.63, 3.8) is 0 Å². The van der Waals surface area contributed by atoms with Crippen LogP contribution in [0.3, 0.4) is 0 Å². The second-order valence-corrected chi connectivity index (χ2v) is 12.2. The van der Waals surface area contributed by atoms with E-state index >= 15 is 0 Å². The van der Waals surface area contributed by atoms with E-state index in [1.807, 2.05) is 42.5 Å². The Bertz CT molecular complexity index is 798. The molecule has 0 fully saturated rings. The first-order valence-corrected chi connectivity index (χ1v) is 10.9. The van der Waals surface area contributed by atoms with Gasteiger partial charge in [0.1, 0.15) is 11.6 Å². The molecule has 0 aliphatic rings. The molecule has 4 heteroatoms. The van der Waals surface area contributed by atoms with Gasteiger partial charge in [-0.3, -0.25) is 0 Å². The first-order valence-electron chi connectivity index (χ1n) is 8.01. The van der Waals surface area contributed by atoms with Crippen LogP contribution in [0.5, 0.6) is 5.75 Å². The number of para-hydroxylation sites is 3. The van der Waals surface area contributed by atoms with Crippen molar-refractivity contribution in [2.75, 3.05) is 0 Å². The SMILES string of the molecule is CC(C)(C)[Si](C)(C)Oc1ccccc1-c1nc2ccccc2[nH]1. The Morgan fingerprint density at radius 3 is 2.30 bits per heavy atom. The number of fused-ring (bicyclic) bond motifs is 1. The van der Waals surface area contributed by atoms with Crippen LogP contribution in [0.25, 0.3) is 22.4 Å². The predicted molar refractivity (Wildman–Crippen MR) is 99.4 cm³/mol. The summed E-state index contributed by atoms with van der Waals surface area (Å²) >= 11 is 0. The van der Waals surface area contributed by atoms with Crippen LogP contribution < -0.4 is 4.43 Å². The van der Waals surface area contributed by atoms with E-state index in [1.54, 1.807) is 0 Å². The zero-order valence-corrected chi connectivity index (χ0v) is 15.5. The third-order valence-electron chi connectivity index (χ3n) is 4.70. The van der Waals surface area contributed by atoms with E-state index in [4.69, 9.17) is 9.41 Å². The van der Waals surface area contributed by atoms with Gasteiger partial charge in [0.2, 0.25) is 0 Å². The number of aromatic amines is 1. The molecule has 120 valence electrons. The molecule has 0 saturated carbocycles. The summed E-state index contributed by atoms with van der Waals surface area (Å²) in [5.41, 5.74) is 3.04. The number of rotatable bonds is 3. The number of hydrogen-bond donors (Lipinski definition) is 1. The van der Waals surface area contributed by atoms with E-state index in [9.17, 15) is 0 Å². The second kappa shape index (κ2) is 5.53. The van der Waals surface area contributed by atoms with Crippen molar-refractivity contribution >= 4 is 19.4 Å². The van der Waals surface area contributed by atoms with Crippen LogP contribution in [0.2, 0.25) is 18.1 Å². The molecule has 0 aliphatic heterocycles. The van der Waals surface area contributed by atoms with Crippen molar-refractivity contribution in [3.8, 4) is 17.1 Å². The van der Waals surface area contributed by atoms with E-state index in [-0.39, 0.29) is 5.04 Å². The van der Waals surface area contributed by atoms with Gasteiger partial charge in [-0.2, -0.15) is 0 Å². The first kappa shape index (κ1) is 15.8. The molecule has 1 N–H and O–H groups in total. The van der Waals surface area contributed by atoms with Crippen molar-refractivity contribution in [1.29, 1.82) is 0 Å². The van der Waals surface area contributed by atoms with E-state index in [2.05, 4.69) is 44.9 Å². The highest BCUT2D eigenvalue weighted by molar-refractivity contribution is 6.74. The summed E-state index contributed by atoms with van der Waals surface area (Å²) in [6.45, 7) is 11.3. The maximum Gasteiger partial charge on any atom is 0.250 e. The molecule has 0 saturated heterocycles. The largest absolute Gasteiger partial charge is 0.543 e. The fraction of sp³-hybridized carbons (Fsp3) is 0.316. The molecule has 3 aromatic rings. The normalized spacial score (nSPS) is 12.6. The molecule has 0 atom stereocenters. The van der Waals surface area contributed by atoms with E-state index in [0.717, 1.165) is 28.2 Å². The molecule has 1 aromatic heterocycles. The average Bonchev–Trinajstić information content (AvgIpc) is 2.90. The molecule has 1 heterocycles. The molecule has 3 nitrogen and oxygen atoms in total. The molecule has 0 spiro atoms. The Labute approximate surface area is 138 Å². The summed E-state index contributed by atoms with van der Waals surface area (Å²) < 4.78 is 6.53. The maximum absolute atomic E-state index is 6.53. The van der Waals surface area contributed by atoms with E-state index in [0.29, 0.717) is 0 Å². The molecule has 0 unspecified atom stereocenters. The van der Waals surface area contributed by atoms with Gasteiger partial charge < -0.3 is 9.41 Å². The quantitative estimate of drug-likeness (QED) is 0.635. The average molecular weight is 324 g/mol. The van der Waals surface area contributed by atoms with Crippen LogP contribution in [0.1, 0.15) is 20.8 Å². The number of benzene rings is 2. The van der Waals surface area contributed by atoms with Crippen molar-refractivity contribution in [2.24, 2.45) is 0 Å². The van der Waals surface area contributed by atoms with Crippen molar-refractivity contribution in [3.05, 3.63) is 48.5 Å². The van der Waals surface area contributed by atoms with Gasteiger partial charge in [0.15, 0.2) is 0 Å². The van der Waals surface area contributed by atoms with Gasteiger partial charge >= 0.3 is 0 Å². The molecular weight excluding hydrogens is 300 g/mol. The fourth-order valence-corrected chi connectivity index (χ4v) is 3.29. The monoisotopic (exact) mass is 324 g/mol. The number of H-pyrrole nitrogens is 1. The Morgan fingerprint density at radius 2 is 1.61 bits per heavy atom. The molecule has 0 radical (unpaired) electrons. The standard InChI is InChI=1S/C19H24N2OSi/c1-19(2,3)23(4,5)22-17-13-9-6-10-14(17)18-20-15-11-7-8-12-16(15)21-18/h6-13H,1-5H3,(H,20,21). The highest BCUT2D eigenvalue weighted by atomic mass is 28.4. The molecule has 3 rings (SSSR count). The van der Waals surface area contributed by atoms with Gasteiger partial charge in [0, 0.05) is 0 Å². The lowest BCUT2D eigenvalue weighted by atomic mass is 10.2. The number of nitrogens with one attached hydrogen (secondary N) is 1. The number of imidazole rings is 1. The number of aromatic nitrogens is 2. The maximum atomic E-state index is 6.53. The topological polar surface area (TPSA) is 37.9 Å². The second-order valence-electron chi connectivity index (χ2n) is 7.46. The Morgan fingerprint density at radius 1 is 0.957 bits per heavy atom. The summed E-state index contributed by atoms with van der Waals surface area (Å²) in [7, 11) is -1.89. The lowest BCUT2D eigenvalue weighted by molar-refractivity contribution is 0.493. The molecule has 0 amide bonds. The van der Waals surface area contributed by atoms with Gasteiger partial charge in [-0.1, -0.05) is 45.0 Å². The van der Waals surface area contributed by atoms with Gasteiger partial charge in [-0.05, 0) is 42.4 Å². The van der Waals surface area contributed by atoms with Crippen LogP contribution >= 0.6 is 0 Å². The van der Waals surface area contributed by atoms with E-state index in [1.165, 1.54) is 0 Å². The number of hydrogen-bond acceptors (Lipinski definition) is 2. The van der Waals surface area contributed by atoms with Crippen LogP contribution in [0.15, 0.2) is 48.5 Å². The molecule has 23 heavy (non-hydrogen) atoms. The Kier molecular flexibility index (Phi) is 3.80. The van der Waals surface area contributed by atoms with Crippen molar-refractivity contribution in [1.82, 2.24) is 9.97 Å².